The summed E-state index contributed by atoms with van der Waals surface area (Å²) in [4.78, 5) is 27.4. The summed E-state index contributed by atoms with van der Waals surface area (Å²) < 4.78 is 45.9. The van der Waals surface area contributed by atoms with E-state index in [9.17, 15) is 22.4 Å². The van der Waals surface area contributed by atoms with Crippen molar-refractivity contribution in [2.24, 2.45) is 5.92 Å². The second-order valence-electron chi connectivity index (χ2n) is 8.62. The number of nitrogens with one attached hydrogen (secondary N) is 1. The van der Waals surface area contributed by atoms with Crippen LogP contribution >= 0.6 is 0 Å². The van der Waals surface area contributed by atoms with Crippen LogP contribution in [0.2, 0.25) is 0 Å². The van der Waals surface area contributed by atoms with Gasteiger partial charge in [-0.15, -0.1) is 0 Å². The van der Waals surface area contributed by atoms with E-state index in [-0.39, 0.29) is 23.7 Å². The van der Waals surface area contributed by atoms with Crippen molar-refractivity contribution in [2.45, 2.75) is 40.3 Å². The maximum Gasteiger partial charge on any atom is 0.244 e. The highest BCUT2D eigenvalue weighted by atomic mass is 32.2. The van der Waals surface area contributed by atoms with Crippen molar-refractivity contribution < 1.29 is 27.1 Å². The zero-order chi connectivity index (χ0) is 26.2. The predicted molar refractivity (Wildman–Crippen MR) is 134 cm³/mol. The highest BCUT2D eigenvalue weighted by Gasteiger charge is 2.30. The number of hydrogen-bond acceptors (Lipinski definition) is 5. The molecule has 0 spiro atoms. The average Bonchev–Trinajstić information content (AvgIpc) is 2.80. The number of nitrogens with zero attached hydrogens (tertiary/aromatic N) is 2. The van der Waals surface area contributed by atoms with Crippen LogP contribution in [0.25, 0.3) is 0 Å². The van der Waals surface area contributed by atoms with Gasteiger partial charge in [0.25, 0.3) is 0 Å². The van der Waals surface area contributed by atoms with E-state index in [1.54, 1.807) is 30.3 Å². The minimum Gasteiger partial charge on any atom is -0.494 e. The minimum absolute atomic E-state index is 0.192. The van der Waals surface area contributed by atoms with Crippen LogP contribution < -0.4 is 14.4 Å². The lowest BCUT2D eigenvalue weighted by molar-refractivity contribution is -0.139. The van der Waals surface area contributed by atoms with Gasteiger partial charge in [0.05, 0.1) is 18.6 Å². The fraction of sp³-hybridized carbons (Fsp3) is 0.440. The van der Waals surface area contributed by atoms with Gasteiger partial charge >= 0.3 is 0 Å². The van der Waals surface area contributed by atoms with Gasteiger partial charge in [0.1, 0.15) is 24.2 Å². The van der Waals surface area contributed by atoms with E-state index >= 15 is 0 Å². The summed E-state index contributed by atoms with van der Waals surface area (Å²) in [6.45, 7) is 7.36. The number of ether oxygens (including phenoxy) is 1. The van der Waals surface area contributed by atoms with Crippen LogP contribution in [-0.2, 0) is 26.2 Å². The summed E-state index contributed by atoms with van der Waals surface area (Å²) >= 11 is 0. The van der Waals surface area contributed by atoms with Crippen LogP contribution in [-0.4, -0.2) is 57.1 Å². The van der Waals surface area contributed by atoms with Gasteiger partial charge in [0, 0.05) is 18.7 Å². The van der Waals surface area contributed by atoms with Crippen LogP contribution in [0.3, 0.4) is 0 Å². The topological polar surface area (TPSA) is 96.0 Å². The van der Waals surface area contributed by atoms with Crippen LogP contribution in [0.15, 0.2) is 48.5 Å². The summed E-state index contributed by atoms with van der Waals surface area (Å²) in [6.07, 6.45) is 0.997. The van der Waals surface area contributed by atoms with Gasteiger partial charge in [-0.1, -0.05) is 32.0 Å². The molecule has 0 fully saturated rings. The highest BCUT2D eigenvalue weighted by molar-refractivity contribution is 7.92. The molecule has 0 aliphatic rings. The van der Waals surface area contributed by atoms with Crippen molar-refractivity contribution >= 4 is 27.5 Å². The number of amides is 2. The van der Waals surface area contributed by atoms with Crippen molar-refractivity contribution in [3.05, 3.63) is 59.9 Å². The molecule has 0 aliphatic carbocycles. The van der Waals surface area contributed by atoms with Crippen molar-refractivity contribution in [1.29, 1.82) is 0 Å². The molecule has 1 N–H and O–H groups in total. The fourth-order valence-electron chi connectivity index (χ4n) is 3.33. The quantitative estimate of drug-likeness (QED) is 0.476. The first-order chi connectivity index (χ1) is 16.4. The van der Waals surface area contributed by atoms with E-state index in [1.165, 1.54) is 30.0 Å². The van der Waals surface area contributed by atoms with Gasteiger partial charge in [-0.25, -0.2) is 12.8 Å². The summed E-state index contributed by atoms with van der Waals surface area (Å²) in [5.41, 5.74) is 0.489. The first-order valence-corrected chi connectivity index (χ1v) is 13.3. The monoisotopic (exact) mass is 507 g/mol. The molecule has 2 amide bonds. The predicted octanol–water partition coefficient (Wildman–Crippen LogP) is 3.18. The lowest BCUT2D eigenvalue weighted by Gasteiger charge is -2.31. The molecule has 0 bridgehead atoms. The Balaban J connectivity index is 2.36. The Kier molecular flexibility index (Phi) is 10.1. The Morgan fingerprint density at radius 1 is 1.06 bits per heavy atom. The number of carbonyl (C=O) groups excluding carboxylic acids is 2. The molecule has 0 saturated heterocycles. The standard InChI is InChI=1S/C25H34FN3O5S/c1-6-34-22-13-11-21(12-14-22)29(35(5,32)33)17-24(30)28(16-20-9-7-8-10-23(20)26)19(4)25(31)27-15-18(2)3/h7-14,18-19H,6,15-17H2,1-5H3,(H,27,31). The van der Waals surface area contributed by atoms with E-state index in [1.807, 2.05) is 20.8 Å². The molecule has 1 atom stereocenters. The number of sulfonamides is 1. The zero-order valence-corrected chi connectivity index (χ0v) is 21.6. The molecule has 0 radical (unpaired) electrons. The Bertz CT molecular complexity index is 1110. The van der Waals surface area contributed by atoms with Gasteiger partial charge < -0.3 is 15.0 Å². The van der Waals surface area contributed by atoms with E-state index in [0.717, 1.165) is 10.6 Å². The molecule has 2 rings (SSSR count). The number of benzene rings is 2. The van der Waals surface area contributed by atoms with Crippen molar-refractivity contribution in [1.82, 2.24) is 10.2 Å². The second-order valence-corrected chi connectivity index (χ2v) is 10.5. The molecule has 2 aromatic carbocycles. The van der Waals surface area contributed by atoms with Gasteiger partial charge in [0.15, 0.2) is 0 Å². The third-order valence-corrected chi connectivity index (χ3v) is 6.41. The van der Waals surface area contributed by atoms with Gasteiger partial charge in [-0.3, -0.25) is 13.9 Å². The molecule has 0 aliphatic heterocycles. The second kappa shape index (κ2) is 12.5. The first-order valence-electron chi connectivity index (χ1n) is 11.4. The largest absolute Gasteiger partial charge is 0.494 e. The molecule has 10 heteroatoms. The van der Waals surface area contributed by atoms with E-state index in [0.29, 0.717) is 18.9 Å². The Labute approximate surface area is 207 Å². The maximum atomic E-state index is 14.4. The third kappa shape index (κ3) is 8.24. The Morgan fingerprint density at radius 2 is 1.69 bits per heavy atom. The molecule has 0 aromatic heterocycles. The van der Waals surface area contributed by atoms with E-state index in [4.69, 9.17) is 4.74 Å². The fourth-order valence-corrected chi connectivity index (χ4v) is 4.18. The SMILES string of the molecule is CCOc1ccc(N(CC(=O)N(Cc2ccccc2F)C(C)C(=O)NCC(C)C)S(C)(=O)=O)cc1. The molecule has 192 valence electrons. The van der Waals surface area contributed by atoms with E-state index < -0.39 is 40.2 Å². The lowest BCUT2D eigenvalue weighted by Crippen LogP contribution is -2.51. The average molecular weight is 508 g/mol. The van der Waals surface area contributed by atoms with Crippen LogP contribution in [0.1, 0.15) is 33.3 Å². The molecule has 35 heavy (non-hydrogen) atoms. The number of carbonyl (C=O) groups is 2. The van der Waals surface area contributed by atoms with Crippen molar-refractivity contribution in [3.63, 3.8) is 0 Å². The minimum atomic E-state index is -3.85. The molecular weight excluding hydrogens is 473 g/mol. The summed E-state index contributed by atoms with van der Waals surface area (Å²) in [7, 11) is -3.85. The zero-order valence-electron chi connectivity index (χ0n) is 20.8. The highest BCUT2D eigenvalue weighted by Crippen LogP contribution is 2.23. The summed E-state index contributed by atoms with van der Waals surface area (Å²) in [5.74, 6) is -0.809. The van der Waals surface area contributed by atoms with Crippen molar-refractivity contribution in [3.8, 4) is 5.75 Å². The number of rotatable bonds is 12. The molecule has 2 aromatic rings. The molecule has 8 nitrogen and oxygen atoms in total. The Morgan fingerprint density at radius 3 is 2.23 bits per heavy atom. The number of hydrogen-bond donors (Lipinski definition) is 1. The third-order valence-electron chi connectivity index (χ3n) is 5.27. The van der Waals surface area contributed by atoms with Gasteiger partial charge in [-0.2, -0.15) is 0 Å². The normalized spacial score (nSPS) is 12.2. The van der Waals surface area contributed by atoms with Crippen LogP contribution in [0.4, 0.5) is 10.1 Å². The van der Waals surface area contributed by atoms with Crippen molar-refractivity contribution in [2.75, 3.05) is 30.3 Å². The number of anilines is 1. The summed E-state index contributed by atoms with van der Waals surface area (Å²) in [6, 6.07) is 11.3. The maximum absolute atomic E-state index is 14.4. The van der Waals surface area contributed by atoms with E-state index in [2.05, 4.69) is 5.32 Å². The molecule has 1 unspecified atom stereocenters. The molecule has 0 heterocycles. The smallest absolute Gasteiger partial charge is 0.244 e. The number of halogens is 1. The molecular formula is C25H34FN3O5S. The first kappa shape index (κ1) is 28.1. The van der Waals surface area contributed by atoms with Crippen LogP contribution in [0, 0.1) is 11.7 Å². The lowest BCUT2D eigenvalue weighted by atomic mass is 10.1. The van der Waals surface area contributed by atoms with Gasteiger partial charge in [-0.05, 0) is 50.1 Å². The molecule has 0 saturated carbocycles. The Hall–Kier alpha value is -3.14. The van der Waals surface area contributed by atoms with Crippen LogP contribution in [0.5, 0.6) is 5.75 Å². The summed E-state index contributed by atoms with van der Waals surface area (Å²) in [5, 5.41) is 2.78. The van der Waals surface area contributed by atoms with Gasteiger partial charge in [0.2, 0.25) is 21.8 Å².